The predicted molar refractivity (Wildman–Crippen MR) is 118 cm³/mol. The number of hydrogen-bond donors (Lipinski definition) is 0. The lowest BCUT2D eigenvalue weighted by molar-refractivity contribution is 0.660. The number of aliphatic imine (C=N–C) groups is 1. The van der Waals surface area contributed by atoms with Crippen LogP contribution < -0.4 is 0 Å². The maximum Gasteiger partial charge on any atom is 0.162 e. The molecule has 0 spiro atoms. The van der Waals surface area contributed by atoms with E-state index >= 15 is 0 Å². The Hall–Kier alpha value is -3.25. The first-order valence-corrected chi connectivity index (χ1v) is 10.4. The molecule has 1 aliphatic rings. The van der Waals surface area contributed by atoms with Crippen molar-refractivity contribution in [2.75, 3.05) is 0 Å². The van der Waals surface area contributed by atoms with Gasteiger partial charge in [-0.3, -0.25) is 14.2 Å². The molecule has 1 aliphatic heterocycles. The standard InChI is InChI=1S/C23H21ClN6/c1-4-29-13-18(12-25-29)17-7-10-21-20(11-17)22(16-5-8-19(24)9-6-16)26-14(2)23-28-27-15(3)30(21)23/h5-14H,4H2,1-3H3/t14-/m0/s1. The fourth-order valence-corrected chi connectivity index (χ4v) is 4.02. The first-order chi connectivity index (χ1) is 14.5. The highest BCUT2D eigenvalue weighted by molar-refractivity contribution is 6.30. The summed E-state index contributed by atoms with van der Waals surface area (Å²) >= 11 is 6.14. The van der Waals surface area contributed by atoms with Crippen molar-refractivity contribution in [3.63, 3.8) is 0 Å². The molecule has 7 heteroatoms. The molecule has 0 radical (unpaired) electrons. The Morgan fingerprint density at radius 2 is 1.77 bits per heavy atom. The van der Waals surface area contributed by atoms with Gasteiger partial charge in [-0.25, -0.2) is 0 Å². The van der Waals surface area contributed by atoms with Gasteiger partial charge in [0.15, 0.2) is 5.82 Å². The van der Waals surface area contributed by atoms with E-state index in [1.54, 1.807) is 0 Å². The maximum absolute atomic E-state index is 6.14. The molecule has 2 aromatic heterocycles. The molecule has 150 valence electrons. The van der Waals surface area contributed by atoms with E-state index in [0.29, 0.717) is 5.02 Å². The molecule has 3 heterocycles. The van der Waals surface area contributed by atoms with Gasteiger partial charge in [-0.2, -0.15) is 5.10 Å². The van der Waals surface area contributed by atoms with E-state index in [0.717, 1.165) is 51.8 Å². The Labute approximate surface area is 179 Å². The van der Waals surface area contributed by atoms with Gasteiger partial charge in [-0.1, -0.05) is 29.8 Å². The van der Waals surface area contributed by atoms with E-state index in [1.165, 1.54) is 0 Å². The van der Waals surface area contributed by atoms with Crippen LogP contribution in [-0.2, 0) is 6.54 Å². The number of aromatic nitrogens is 5. The maximum atomic E-state index is 6.14. The zero-order valence-electron chi connectivity index (χ0n) is 17.0. The second kappa shape index (κ2) is 7.22. The molecule has 0 bridgehead atoms. The lowest BCUT2D eigenvalue weighted by Gasteiger charge is -2.14. The van der Waals surface area contributed by atoms with Crippen molar-refractivity contribution in [1.29, 1.82) is 0 Å². The summed E-state index contributed by atoms with van der Waals surface area (Å²) < 4.78 is 4.03. The van der Waals surface area contributed by atoms with Crippen LogP contribution in [0.25, 0.3) is 16.8 Å². The number of nitrogens with zero attached hydrogens (tertiary/aromatic N) is 6. The third-order valence-corrected chi connectivity index (χ3v) is 5.70. The summed E-state index contributed by atoms with van der Waals surface area (Å²) in [6.07, 6.45) is 3.97. The highest BCUT2D eigenvalue weighted by Gasteiger charge is 2.26. The molecule has 0 N–H and O–H groups in total. The Bertz CT molecular complexity index is 1270. The van der Waals surface area contributed by atoms with Crippen LogP contribution in [0.1, 0.15) is 42.7 Å². The largest absolute Gasteiger partial charge is 0.281 e. The van der Waals surface area contributed by atoms with Crippen LogP contribution in [-0.4, -0.2) is 30.3 Å². The number of fused-ring (bicyclic) bond motifs is 3. The van der Waals surface area contributed by atoms with Crippen molar-refractivity contribution in [3.05, 3.63) is 82.7 Å². The monoisotopic (exact) mass is 416 g/mol. The lowest BCUT2D eigenvalue weighted by Crippen LogP contribution is -2.08. The van der Waals surface area contributed by atoms with Crippen LogP contribution in [0.15, 0.2) is 59.9 Å². The molecule has 2 aromatic carbocycles. The van der Waals surface area contributed by atoms with Crippen molar-refractivity contribution < 1.29 is 0 Å². The van der Waals surface area contributed by atoms with Crippen LogP contribution in [0.3, 0.4) is 0 Å². The predicted octanol–water partition coefficient (Wildman–Crippen LogP) is 5.02. The van der Waals surface area contributed by atoms with E-state index in [-0.39, 0.29) is 6.04 Å². The van der Waals surface area contributed by atoms with Gasteiger partial charge >= 0.3 is 0 Å². The van der Waals surface area contributed by atoms with E-state index in [1.807, 2.05) is 49.0 Å². The van der Waals surface area contributed by atoms with E-state index < -0.39 is 0 Å². The molecule has 30 heavy (non-hydrogen) atoms. The number of rotatable bonds is 3. The molecule has 1 atom stereocenters. The van der Waals surface area contributed by atoms with Crippen molar-refractivity contribution in [1.82, 2.24) is 24.5 Å². The fraction of sp³-hybridized carbons (Fsp3) is 0.217. The van der Waals surface area contributed by atoms with Crippen LogP contribution in [0.5, 0.6) is 0 Å². The summed E-state index contributed by atoms with van der Waals surface area (Å²) in [7, 11) is 0. The second-order valence-corrected chi connectivity index (χ2v) is 7.85. The average molecular weight is 417 g/mol. The first kappa shape index (κ1) is 18.8. The topological polar surface area (TPSA) is 60.9 Å². The molecule has 4 aromatic rings. The van der Waals surface area contributed by atoms with Gasteiger partial charge in [-0.15, -0.1) is 10.2 Å². The lowest BCUT2D eigenvalue weighted by atomic mass is 9.96. The molecule has 0 fully saturated rings. The van der Waals surface area contributed by atoms with Crippen LogP contribution in [0.4, 0.5) is 0 Å². The molecule has 0 saturated carbocycles. The molecular formula is C23H21ClN6. The highest BCUT2D eigenvalue weighted by atomic mass is 35.5. The van der Waals surface area contributed by atoms with Crippen LogP contribution >= 0.6 is 11.6 Å². The minimum atomic E-state index is -0.129. The molecule has 6 nitrogen and oxygen atoms in total. The fourth-order valence-electron chi connectivity index (χ4n) is 3.89. The summed E-state index contributed by atoms with van der Waals surface area (Å²) in [4.78, 5) is 5.06. The van der Waals surface area contributed by atoms with Gasteiger partial charge in [0, 0.05) is 34.5 Å². The minimum absolute atomic E-state index is 0.129. The van der Waals surface area contributed by atoms with Crippen molar-refractivity contribution in [2.45, 2.75) is 33.4 Å². The molecule has 0 aliphatic carbocycles. The second-order valence-electron chi connectivity index (χ2n) is 7.42. The number of hydrogen-bond acceptors (Lipinski definition) is 4. The van der Waals surface area contributed by atoms with Crippen LogP contribution in [0.2, 0.25) is 5.02 Å². The zero-order valence-corrected chi connectivity index (χ0v) is 17.8. The number of benzene rings is 2. The molecule has 0 unspecified atom stereocenters. The van der Waals surface area contributed by atoms with Crippen LogP contribution in [0, 0.1) is 6.92 Å². The molecule has 5 rings (SSSR count). The van der Waals surface area contributed by atoms with Gasteiger partial charge in [0.05, 0.1) is 17.6 Å². The van der Waals surface area contributed by atoms with E-state index in [9.17, 15) is 0 Å². The van der Waals surface area contributed by atoms with E-state index in [2.05, 4.69) is 51.2 Å². The third-order valence-electron chi connectivity index (χ3n) is 5.45. The zero-order chi connectivity index (χ0) is 20.8. The van der Waals surface area contributed by atoms with Gasteiger partial charge < -0.3 is 0 Å². The summed E-state index contributed by atoms with van der Waals surface area (Å²) in [6, 6.07) is 14.1. The Morgan fingerprint density at radius 1 is 1.00 bits per heavy atom. The minimum Gasteiger partial charge on any atom is -0.281 e. The van der Waals surface area contributed by atoms with Crippen molar-refractivity contribution >= 4 is 17.3 Å². The molecular weight excluding hydrogens is 396 g/mol. The van der Waals surface area contributed by atoms with E-state index in [4.69, 9.17) is 16.6 Å². The summed E-state index contributed by atoms with van der Waals surface area (Å²) in [5.74, 6) is 1.68. The van der Waals surface area contributed by atoms with Crippen molar-refractivity contribution in [3.8, 4) is 16.8 Å². The van der Waals surface area contributed by atoms with Gasteiger partial charge in [-0.05, 0) is 50.6 Å². The van der Waals surface area contributed by atoms with Gasteiger partial charge in [0.2, 0.25) is 0 Å². The Morgan fingerprint density at radius 3 is 2.50 bits per heavy atom. The smallest absolute Gasteiger partial charge is 0.162 e. The summed E-state index contributed by atoms with van der Waals surface area (Å²) in [5, 5.41) is 13.8. The summed E-state index contributed by atoms with van der Waals surface area (Å²) in [5.41, 5.74) is 6.17. The SMILES string of the molecule is CCn1cc(-c2ccc3c(c2)C(c2ccc(Cl)cc2)=N[C@@H](C)c2nnc(C)n2-3)cn1. The molecule has 0 amide bonds. The first-order valence-electron chi connectivity index (χ1n) is 9.98. The quantitative estimate of drug-likeness (QED) is 0.471. The molecule has 0 saturated heterocycles. The normalized spacial score (nSPS) is 15.3. The highest BCUT2D eigenvalue weighted by Crippen LogP contribution is 2.33. The Kier molecular flexibility index (Phi) is 4.51. The summed E-state index contributed by atoms with van der Waals surface area (Å²) in [6.45, 7) is 6.94. The Balaban J connectivity index is 1.76. The van der Waals surface area contributed by atoms with Gasteiger partial charge in [0.1, 0.15) is 11.9 Å². The van der Waals surface area contributed by atoms with Crippen molar-refractivity contribution in [2.24, 2.45) is 4.99 Å². The van der Waals surface area contributed by atoms with Gasteiger partial charge in [0.25, 0.3) is 0 Å². The average Bonchev–Trinajstić information content (AvgIpc) is 3.36. The third kappa shape index (κ3) is 3.04. The number of halogens is 1. The number of aryl methyl sites for hydroxylation is 2.